The second-order valence-corrected chi connectivity index (χ2v) is 5.31. The van der Waals surface area contributed by atoms with Crippen LogP contribution in [0.2, 0.25) is 0 Å². The fourth-order valence-electron chi connectivity index (χ4n) is 1.90. The van der Waals surface area contributed by atoms with Crippen molar-refractivity contribution in [1.29, 1.82) is 0 Å². The van der Waals surface area contributed by atoms with Gasteiger partial charge >= 0.3 is 0 Å². The van der Waals surface area contributed by atoms with Gasteiger partial charge in [-0.3, -0.25) is 0 Å². The molecule has 4 N–H and O–H groups in total. The van der Waals surface area contributed by atoms with Gasteiger partial charge in [0.2, 0.25) is 0 Å². The summed E-state index contributed by atoms with van der Waals surface area (Å²) in [5, 5.41) is 12.0. The van der Waals surface area contributed by atoms with Crippen LogP contribution in [0, 0.1) is 5.92 Å². The Morgan fingerprint density at radius 3 is 2.33 bits per heavy atom. The third kappa shape index (κ3) is 6.15. The number of benzene rings is 1. The van der Waals surface area contributed by atoms with Gasteiger partial charge in [0.25, 0.3) is 0 Å². The summed E-state index contributed by atoms with van der Waals surface area (Å²) in [5.74, 6) is 0.706. The molecule has 0 spiro atoms. The van der Waals surface area contributed by atoms with Crippen molar-refractivity contribution in [1.82, 2.24) is 5.32 Å². The van der Waals surface area contributed by atoms with E-state index in [1.165, 1.54) is 11.1 Å². The molecule has 0 aliphatic rings. The Bertz CT molecular complexity index is 322. The van der Waals surface area contributed by atoms with E-state index in [9.17, 15) is 0 Å². The Labute approximate surface area is 110 Å². The van der Waals surface area contributed by atoms with E-state index in [1.807, 2.05) is 0 Å². The van der Waals surface area contributed by atoms with Crippen LogP contribution in [0.25, 0.3) is 0 Å². The van der Waals surface area contributed by atoms with Gasteiger partial charge < -0.3 is 16.2 Å². The number of hydrogen-bond donors (Lipinski definition) is 3. The number of aliphatic hydroxyl groups excluding tert-OH is 1. The Hall–Kier alpha value is -0.900. The molecule has 3 heteroatoms. The third-order valence-corrected chi connectivity index (χ3v) is 2.90. The summed E-state index contributed by atoms with van der Waals surface area (Å²) in [4.78, 5) is 0. The van der Waals surface area contributed by atoms with Crippen molar-refractivity contribution in [3.63, 3.8) is 0 Å². The van der Waals surface area contributed by atoms with Gasteiger partial charge in [0, 0.05) is 12.6 Å². The molecule has 1 aromatic rings. The average Bonchev–Trinajstić information content (AvgIpc) is 2.35. The van der Waals surface area contributed by atoms with Crippen LogP contribution in [0.5, 0.6) is 0 Å². The van der Waals surface area contributed by atoms with E-state index >= 15 is 0 Å². The quantitative estimate of drug-likeness (QED) is 0.610. The van der Waals surface area contributed by atoms with Gasteiger partial charge in [-0.05, 0) is 36.4 Å². The molecule has 1 atom stereocenters. The van der Waals surface area contributed by atoms with Gasteiger partial charge in [0.1, 0.15) is 0 Å². The number of nitrogens with two attached hydrogens (primary N) is 1. The minimum Gasteiger partial charge on any atom is -0.395 e. The zero-order chi connectivity index (χ0) is 13.4. The van der Waals surface area contributed by atoms with Crippen molar-refractivity contribution >= 4 is 0 Å². The second kappa shape index (κ2) is 8.25. The molecule has 3 nitrogen and oxygen atoms in total. The summed E-state index contributed by atoms with van der Waals surface area (Å²) in [6.07, 6.45) is 2.14. The molecule has 0 aliphatic heterocycles. The summed E-state index contributed by atoms with van der Waals surface area (Å²) < 4.78 is 0. The zero-order valence-electron chi connectivity index (χ0n) is 11.5. The molecule has 18 heavy (non-hydrogen) atoms. The van der Waals surface area contributed by atoms with E-state index in [2.05, 4.69) is 43.4 Å². The fourth-order valence-corrected chi connectivity index (χ4v) is 1.90. The van der Waals surface area contributed by atoms with Crippen molar-refractivity contribution in [3.05, 3.63) is 35.4 Å². The molecule has 0 amide bonds. The minimum absolute atomic E-state index is 0.0386. The molecule has 0 aromatic heterocycles. The highest BCUT2D eigenvalue weighted by atomic mass is 16.3. The van der Waals surface area contributed by atoms with Crippen LogP contribution in [-0.2, 0) is 12.8 Å². The van der Waals surface area contributed by atoms with Gasteiger partial charge in [0.05, 0.1) is 6.61 Å². The van der Waals surface area contributed by atoms with Crippen LogP contribution >= 0.6 is 0 Å². The number of hydrogen-bond acceptors (Lipinski definition) is 3. The summed E-state index contributed by atoms with van der Waals surface area (Å²) in [6.45, 7) is 6.08. The molecule has 1 aromatic carbocycles. The topological polar surface area (TPSA) is 58.3 Å². The van der Waals surface area contributed by atoms with E-state index in [4.69, 9.17) is 10.8 Å². The van der Waals surface area contributed by atoms with Crippen LogP contribution < -0.4 is 11.1 Å². The normalized spacial score (nSPS) is 12.9. The van der Waals surface area contributed by atoms with Crippen LogP contribution in [0.4, 0.5) is 0 Å². The van der Waals surface area contributed by atoms with Crippen molar-refractivity contribution in [3.8, 4) is 0 Å². The smallest absolute Gasteiger partial charge is 0.0594 e. The van der Waals surface area contributed by atoms with Crippen molar-refractivity contribution in [2.45, 2.75) is 32.7 Å². The minimum atomic E-state index is -0.154. The maximum Gasteiger partial charge on any atom is 0.0594 e. The van der Waals surface area contributed by atoms with E-state index in [1.54, 1.807) is 0 Å². The third-order valence-electron chi connectivity index (χ3n) is 2.90. The lowest BCUT2D eigenvalue weighted by molar-refractivity contribution is 0.262. The van der Waals surface area contributed by atoms with Gasteiger partial charge in [-0.15, -0.1) is 0 Å². The Kier molecular flexibility index (Phi) is 6.94. The van der Waals surface area contributed by atoms with E-state index in [0.717, 1.165) is 19.4 Å². The average molecular weight is 250 g/mol. The molecule has 102 valence electrons. The van der Waals surface area contributed by atoms with Crippen molar-refractivity contribution < 1.29 is 5.11 Å². The van der Waals surface area contributed by atoms with Gasteiger partial charge in [0.15, 0.2) is 0 Å². The molecule has 1 rings (SSSR count). The molecule has 0 fully saturated rings. The molecule has 0 saturated heterocycles. The van der Waals surface area contributed by atoms with Crippen LogP contribution in [0.3, 0.4) is 0 Å². The van der Waals surface area contributed by atoms with E-state index < -0.39 is 0 Å². The lowest BCUT2D eigenvalue weighted by Crippen LogP contribution is -2.37. The van der Waals surface area contributed by atoms with Crippen molar-refractivity contribution in [2.24, 2.45) is 11.7 Å². The van der Waals surface area contributed by atoms with Gasteiger partial charge in [-0.2, -0.15) is 0 Å². The van der Waals surface area contributed by atoms with Gasteiger partial charge in [-0.1, -0.05) is 38.1 Å². The lowest BCUT2D eigenvalue weighted by atomic mass is 10.0. The van der Waals surface area contributed by atoms with Crippen LogP contribution in [0.1, 0.15) is 25.0 Å². The first-order valence-corrected chi connectivity index (χ1v) is 6.76. The Balaban J connectivity index is 2.26. The Morgan fingerprint density at radius 2 is 1.78 bits per heavy atom. The van der Waals surface area contributed by atoms with Gasteiger partial charge in [-0.25, -0.2) is 0 Å². The summed E-state index contributed by atoms with van der Waals surface area (Å²) in [5.41, 5.74) is 8.35. The molecule has 0 heterocycles. The maximum absolute atomic E-state index is 8.79. The van der Waals surface area contributed by atoms with Crippen molar-refractivity contribution in [2.75, 3.05) is 19.7 Å². The molecule has 0 radical (unpaired) electrons. The van der Waals surface area contributed by atoms with E-state index in [0.29, 0.717) is 12.5 Å². The molecule has 1 unspecified atom stereocenters. The maximum atomic E-state index is 8.79. The monoisotopic (exact) mass is 250 g/mol. The standard InChI is InChI=1S/C15H26N2O/c1-12(2)9-14-5-3-13(4-6-14)7-8-17-10-15(16)11-18/h3-6,12,15,17-18H,7-11,16H2,1-2H3. The molecular formula is C15H26N2O. The molecule has 0 bridgehead atoms. The highest BCUT2D eigenvalue weighted by Crippen LogP contribution is 2.09. The summed E-state index contributed by atoms with van der Waals surface area (Å²) in [6, 6.07) is 8.68. The zero-order valence-corrected chi connectivity index (χ0v) is 11.5. The first-order chi connectivity index (χ1) is 8.61. The molecular weight excluding hydrogens is 224 g/mol. The van der Waals surface area contributed by atoms with Crippen LogP contribution in [-0.4, -0.2) is 30.8 Å². The Morgan fingerprint density at radius 1 is 1.17 bits per heavy atom. The fraction of sp³-hybridized carbons (Fsp3) is 0.600. The highest BCUT2D eigenvalue weighted by molar-refractivity contribution is 5.23. The summed E-state index contributed by atoms with van der Waals surface area (Å²) >= 11 is 0. The first kappa shape index (κ1) is 15.2. The predicted octanol–water partition coefficient (Wildman–Crippen LogP) is 1.34. The highest BCUT2D eigenvalue weighted by Gasteiger charge is 2.00. The number of rotatable bonds is 8. The summed E-state index contributed by atoms with van der Waals surface area (Å²) in [7, 11) is 0. The largest absolute Gasteiger partial charge is 0.395 e. The van der Waals surface area contributed by atoms with E-state index in [-0.39, 0.29) is 12.6 Å². The van der Waals surface area contributed by atoms with Crippen LogP contribution in [0.15, 0.2) is 24.3 Å². The number of aliphatic hydroxyl groups is 1. The second-order valence-electron chi connectivity index (χ2n) is 5.31. The molecule has 0 saturated carbocycles. The predicted molar refractivity (Wildman–Crippen MR) is 76.6 cm³/mol. The molecule has 0 aliphatic carbocycles. The SMILES string of the molecule is CC(C)Cc1ccc(CCNCC(N)CO)cc1. The number of nitrogens with one attached hydrogen (secondary N) is 1. The lowest BCUT2D eigenvalue weighted by Gasteiger charge is -2.10. The first-order valence-electron chi connectivity index (χ1n) is 6.76.